The van der Waals surface area contributed by atoms with Gasteiger partial charge in [-0.25, -0.2) is 4.79 Å². The van der Waals surface area contributed by atoms with Gasteiger partial charge in [-0.1, -0.05) is 11.8 Å². The van der Waals surface area contributed by atoms with E-state index in [0.717, 1.165) is 19.4 Å². The smallest absolute Gasteiger partial charge is 0.410 e. The third kappa shape index (κ3) is 6.26. The van der Waals surface area contributed by atoms with E-state index in [9.17, 15) is 4.79 Å². The molecule has 2 heterocycles. The molecule has 1 aromatic rings. The molecule has 1 aliphatic heterocycles. The van der Waals surface area contributed by atoms with E-state index < -0.39 is 5.60 Å². The number of amides is 1. The monoisotopic (exact) mass is 369 g/mol. The maximum absolute atomic E-state index is 12.2. The van der Waals surface area contributed by atoms with E-state index in [1.807, 2.05) is 27.0 Å². The number of rotatable bonds is 5. The van der Waals surface area contributed by atoms with Gasteiger partial charge >= 0.3 is 6.09 Å². The van der Waals surface area contributed by atoms with Crippen LogP contribution in [0.5, 0.6) is 11.8 Å². The van der Waals surface area contributed by atoms with Gasteiger partial charge < -0.3 is 19.1 Å². The topological polar surface area (TPSA) is 73.8 Å². The van der Waals surface area contributed by atoms with E-state index >= 15 is 0 Å². The SMILES string of the molecule is COc1cc(OC[C@@H]2CCCN(C(=O)OC(C)(C)C)C2)nc(SC)n1. The van der Waals surface area contributed by atoms with Gasteiger partial charge in [-0.3, -0.25) is 0 Å². The average molecular weight is 369 g/mol. The van der Waals surface area contributed by atoms with Crippen molar-refractivity contribution in [1.29, 1.82) is 0 Å². The van der Waals surface area contributed by atoms with Crippen LogP contribution in [0.1, 0.15) is 33.6 Å². The predicted octanol–water partition coefficient (Wildman–Crippen LogP) is 3.23. The molecule has 1 aromatic heterocycles. The predicted molar refractivity (Wildman–Crippen MR) is 96.4 cm³/mol. The fraction of sp³-hybridized carbons (Fsp3) is 0.706. The summed E-state index contributed by atoms with van der Waals surface area (Å²) in [6, 6.07) is 1.67. The van der Waals surface area contributed by atoms with E-state index in [1.165, 1.54) is 11.8 Å². The lowest BCUT2D eigenvalue weighted by Crippen LogP contribution is -2.44. The Balaban J connectivity index is 1.91. The molecule has 140 valence electrons. The van der Waals surface area contributed by atoms with Crippen LogP contribution in [0.2, 0.25) is 0 Å². The summed E-state index contributed by atoms with van der Waals surface area (Å²) < 4.78 is 16.5. The second kappa shape index (κ2) is 8.60. The van der Waals surface area contributed by atoms with Crippen molar-refractivity contribution in [3.63, 3.8) is 0 Å². The van der Waals surface area contributed by atoms with E-state index in [-0.39, 0.29) is 12.0 Å². The number of ether oxygens (including phenoxy) is 3. The van der Waals surface area contributed by atoms with Gasteiger partial charge in [0.25, 0.3) is 0 Å². The number of hydrogen-bond acceptors (Lipinski definition) is 7. The van der Waals surface area contributed by atoms with Gasteiger partial charge in [0, 0.05) is 19.0 Å². The maximum atomic E-state index is 12.2. The molecule has 1 atom stereocenters. The van der Waals surface area contributed by atoms with Crippen LogP contribution in [-0.4, -0.2) is 59.6 Å². The van der Waals surface area contributed by atoms with Gasteiger partial charge in [0.2, 0.25) is 11.8 Å². The molecule has 0 unspecified atom stereocenters. The molecule has 0 spiro atoms. The number of carbonyl (C=O) groups is 1. The number of piperidine rings is 1. The van der Waals surface area contributed by atoms with Crippen molar-refractivity contribution < 1.29 is 19.0 Å². The van der Waals surface area contributed by atoms with Crippen LogP contribution in [-0.2, 0) is 4.74 Å². The van der Waals surface area contributed by atoms with E-state index in [2.05, 4.69) is 9.97 Å². The lowest BCUT2D eigenvalue weighted by atomic mass is 9.99. The molecule has 1 amide bonds. The lowest BCUT2D eigenvalue weighted by molar-refractivity contribution is 0.0138. The third-order valence-corrected chi connectivity index (χ3v) is 4.24. The summed E-state index contributed by atoms with van der Waals surface area (Å²) in [5, 5.41) is 0.605. The summed E-state index contributed by atoms with van der Waals surface area (Å²) in [4.78, 5) is 22.5. The highest BCUT2D eigenvalue weighted by molar-refractivity contribution is 7.98. The Morgan fingerprint density at radius 3 is 2.72 bits per heavy atom. The fourth-order valence-corrected chi connectivity index (χ4v) is 2.91. The average Bonchev–Trinajstić information content (AvgIpc) is 2.58. The van der Waals surface area contributed by atoms with Gasteiger partial charge in [-0.15, -0.1) is 0 Å². The number of likely N-dealkylation sites (tertiary alicyclic amines) is 1. The summed E-state index contributed by atoms with van der Waals surface area (Å²) in [6.07, 6.45) is 3.59. The number of carbonyl (C=O) groups excluding carboxylic acids is 1. The summed E-state index contributed by atoms with van der Waals surface area (Å²) in [5.41, 5.74) is -0.480. The molecular formula is C17H27N3O4S. The molecule has 1 saturated heterocycles. The minimum Gasteiger partial charge on any atom is -0.481 e. The molecule has 8 heteroatoms. The van der Waals surface area contributed by atoms with Crippen LogP contribution in [0.3, 0.4) is 0 Å². The van der Waals surface area contributed by atoms with Crippen LogP contribution < -0.4 is 9.47 Å². The van der Waals surface area contributed by atoms with Crippen LogP contribution in [0.25, 0.3) is 0 Å². The number of nitrogens with zero attached hydrogens (tertiary/aromatic N) is 3. The van der Waals surface area contributed by atoms with Gasteiger partial charge in [0.05, 0.1) is 19.8 Å². The molecular weight excluding hydrogens is 342 g/mol. The van der Waals surface area contributed by atoms with Gasteiger partial charge in [-0.05, 0) is 39.9 Å². The molecule has 0 saturated carbocycles. The minimum atomic E-state index is -0.480. The Morgan fingerprint density at radius 1 is 1.36 bits per heavy atom. The number of thioether (sulfide) groups is 1. The maximum Gasteiger partial charge on any atom is 0.410 e. The number of hydrogen-bond donors (Lipinski definition) is 0. The Hall–Kier alpha value is -1.70. The van der Waals surface area contributed by atoms with E-state index in [0.29, 0.717) is 30.1 Å². The van der Waals surface area contributed by atoms with Gasteiger partial charge in [-0.2, -0.15) is 9.97 Å². The zero-order valence-corrected chi connectivity index (χ0v) is 16.4. The Labute approximate surface area is 153 Å². The van der Waals surface area contributed by atoms with Crippen molar-refractivity contribution in [2.45, 2.75) is 44.4 Å². The Bertz CT molecular complexity index is 569. The van der Waals surface area contributed by atoms with Crippen molar-refractivity contribution in [3.8, 4) is 11.8 Å². The van der Waals surface area contributed by atoms with Crippen molar-refractivity contribution in [1.82, 2.24) is 14.9 Å². The molecule has 1 fully saturated rings. The van der Waals surface area contributed by atoms with E-state index in [4.69, 9.17) is 14.2 Å². The van der Waals surface area contributed by atoms with Crippen LogP contribution >= 0.6 is 11.8 Å². The van der Waals surface area contributed by atoms with Crippen LogP contribution in [0.15, 0.2) is 11.2 Å². The molecule has 25 heavy (non-hydrogen) atoms. The highest BCUT2D eigenvalue weighted by Crippen LogP contribution is 2.23. The first-order chi connectivity index (χ1) is 11.8. The zero-order valence-electron chi connectivity index (χ0n) is 15.6. The molecule has 1 aliphatic rings. The standard InChI is InChI=1S/C17H27N3O4S/c1-17(2,3)24-16(21)20-8-6-7-12(10-20)11-23-14-9-13(22-4)18-15(19-14)25-5/h9,12H,6-8,10-11H2,1-5H3/t12-/m1/s1. The first kappa shape index (κ1) is 19.6. The molecule has 2 rings (SSSR count). The lowest BCUT2D eigenvalue weighted by Gasteiger charge is -2.33. The summed E-state index contributed by atoms with van der Waals surface area (Å²) >= 11 is 1.43. The fourth-order valence-electron chi connectivity index (χ4n) is 2.55. The second-order valence-corrected chi connectivity index (χ2v) is 7.75. The number of aromatic nitrogens is 2. The largest absolute Gasteiger partial charge is 0.481 e. The summed E-state index contributed by atoms with van der Waals surface area (Å²) in [5.74, 6) is 1.22. The molecule has 0 radical (unpaired) electrons. The van der Waals surface area contributed by atoms with Gasteiger partial charge in [0.1, 0.15) is 5.60 Å². The van der Waals surface area contributed by atoms with Crippen molar-refractivity contribution in [3.05, 3.63) is 6.07 Å². The summed E-state index contributed by atoms with van der Waals surface area (Å²) in [7, 11) is 1.57. The molecule has 0 bridgehead atoms. The molecule has 0 aliphatic carbocycles. The van der Waals surface area contributed by atoms with Gasteiger partial charge in [0.15, 0.2) is 5.16 Å². The first-order valence-corrected chi connectivity index (χ1v) is 9.61. The Morgan fingerprint density at radius 2 is 2.08 bits per heavy atom. The molecule has 0 aromatic carbocycles. The first-order valence-electron chi connectivity index (χ1n) is 8.38. The highest BCUT2D eigenvalue weighted by Gasteiger charge is 2.28. The van der Waals surface area contributed by atoms with Crippen molar-refractivity contribution >= 4 is 17.9 Å². The quantitative estimate of drug-likeness (QED) is 0.583. The van der Waals surface area contributed by atoms with Crippen molar-refractivity contribution in [2.24, 2.45) is 5.92 Å². The van der Waals surface area contributed by atoms with E-state index in [1.54, 1.807) is 18.1 Å². The Kier molecular flexibility index (Phi) is 6.75. The van der Waals surface area contributed by atoms with Crippen LogP contribution in [0.4, 0.5) is 4.79 Å². The van der Waals surface area contributed by atoms with Crippen LogP contribution in [0, 0.1) is 5.92 Å². The third-order valence-electron chi connectivity index (χ3n) is 3.69. The highest BCUT2D eigenvalue weighted by atomic mass is 32.2. The second-order valence-electron chi connectivity index (χ2n) is 6.98. The minimum absolute atomic E-state index is 0.250. The molecule has 7 nitrogen and oxygen atoms in total. The normalized spacial score (nSPS) is 18.0. The van der Waals surface area contributed by atoms with Crippen molar-refractivity contribution in [2.75, 3.05) is 33.1 Å². The summed E-state index contributed by atoms with van der Waals surface area (Å²) in [6.45, 7) is 7.48. The molecule has 0 N–H and O–H groups in total. The number of methoxy groups -OCH3 is 1. The zero-order chi connectivity index (χ0) is 18.4.